The first-order valence-corrected chi connectivity index (χ1v) is 11.0. The fraction of sp³-hybridized carbons (Fsp3) is 0.174. The van der Waals surface area contributed by atoms with Crippen molar-refractivity contribution in [1.29, 1.82) is 0 Å². The van der Waals surface area contributed by atoms with Crippen LogP contribution in [-0.2, 0) is 0 Å². The Kier molecular flexibility index (Phi) is 7.45. The summed E-state index contributed by atoms with van der Waals surface area (Å²) in [4.78, 5) is 15.3. The zero-order valence-corrected chi connectivity index (χ0v) is 17.4. The first kappa shape index (κ1) is 20.1. The van der Waals surface area contributed by atoms with Crippen LogP contribution in [0.3, 0.4) is 0 Å². The van der Waals surface area contributed by atoms with Crippen LogP contribution in [0.25, 0.3) is 0 Å². The summed E-state index contributed by atoms with van der Waals surface area (Å²) < 4.78 is 0.251. The molecule has 0 aliphatic rings. The number of halogens is 1. The summed E-state index contributed by atoms with van der Waals surface area (Å²) in [6, 6.07) is 27.9. The monoisotopic (exact) mass is 412 g/mol. The Bertz CT molecular complexity index is 809. The van der Waals surface area contributed by atoms with Crippen LogP contribution < -0.4 is 0 Å². The molecule has 0 aliphatic carbocycles. The van der Waals surface area contributed by atoms with E-state index in [1.165, 1.54) is 9.79 Å². The molecule has 3 rings (SSSR count). The number of thioether (sulfide) groups is 2. The van der Waals surface area contributed by atoms with Gasteiger partial charge < -0.3 is 0 Å². The van der Waals surface area contributed by atoms with Gasteiger partial charge in [-0.1, -0.05) is 54.9 Å². The van der Waals surface area contributed by atoms with Gasteiger partial charge in [-0.15, -0.1) is 23.5 Å². The molecule has 1 nitrogen and oxygen atoms in total. The van der Waals surface area contributed by atoms with Crippen LogP contribution in [0, 0.1) is 5.92 Å². The van der Waals surface area contributed by atoms with Crippen LogP contribution in [0.4, 0.5) is 0 Å². The molecule has 0 N–H and O–H groups in total. The highest BCUT2D eigenvalue weighted by atomic mass is 35.5. The molecule has 0 fully saturated rings. The lowest BCUT2D eigenvalue weighted by molar-refractivity contribution is 0.0927. The maximum Gasteiger partial charge on any atom is 0.165 e. The first-order valence-electron chi connectivity index (χ1n) is 8.85. The number of benzene rings is 3. The van der Waals surface area contributed by atoms with Crippen LogP contribution in [0.2, 0.25) is 5.02 Å². The van der Waals surface area contributed by atoms with Gasteiger partial charge in [-0.2, -0.15) is 0 Å². The molecular weight excluding hydrogens is 392 g/mol. The molecule has 0 aliphatic heterocycles. The second-order valence-corrected chi connectivity index (χ2v) is 9.59. The molecule has 0 saturated carbocycles. The highest BCUT2D eigenvalue weighted by Crippen LogP contribution is 2.39. The topological polar surface area (TPSA) is 17.1 Å². The number of ketones is 1. The standard InChI is InChI=1S/C23H21ClOS2/c1-17(23(25)18-12-14-19(24)15-13-18)16-22(26-20-8-4-2-5-9-20)27-21-10-6-3-7-11-21/h2-15,17,22H,16H2,1H3. The maximum absolute atomic E-state index is 12.8. The Morgan fingerprint density at radius 3 is 1.78 bits per heavy atom. The van der Waals surface area contributed by atoms with Gasteiger partial charge in [-0.25, -0.2) is 0 Å². The van der Waals surface area contributed by atoms with E-state index in [2.05, 4.69) is 48.5 Å². The van der Waals surface area contributed by atoms with Crippen molar-refractivity contribution in [3.05, 3.63) is 95.5 Å². The fourth-order valence-electron chi connectivity index (χ4n) is 2.72. The highest BCUT2D eigenvalue weighted by molar-refractivity contribution is 8.17. The summed E-state index contributed by atoms with van der Waals surface area (Å²) in [6.07, 6.45) is 0.792. The maximum atomic E-state index is 12.8. The van der Waals surface area contributed by atoms with E-state index in [4.69, 9.17) is 11.6 Å². The Hall–Kier alpha value is -1.68. The van der Waals surface area contributed by atoms with Crippen molar-refractivity contribution in [3.8, 4) is 0 Å². The Morgan fingerprint density at radius 1 is 0.815 bits per heavy atom. The largest absolute Gasteiger partial charge is 0.294 e. The number of hydrogen-bond acceptors (Lipinski definition) is 3. The van der Waals surface area contributed by atoms with Gasteiger partial charge in [0.05, 0.1) is 4.58 Å². The van der Waals surface area contributed by atoms with Crippen molar-refractivity contribution in [3.63, 3.8) is 0 Å². The van der Waals surface area contributed by atoms with Gasteiger partial charge in [0.15, 0.2) is 5.78 Å². The van der Waals surface area contributed by atoms with E-state index in [9.17, 15) is 4.79 Å². The van der Waals surface area contributed by atoms with Gasteiger partial charge in [0.25, 0.3) is 0 Å². The summed E-state index contributed by atoms with van der Waals surface area (Å²) in [5.41, 5.74) is 0.722. The third kappa shape index (κ3) is 6.17. The minimum Gasteiger partial charge on any atom is -0.294 e. The van der Waals surface area contributed by atoms with E-state index in [-0.39, 0.29) is 16.3 Å². The second-order valence-electron chi connectivity index (χ2n) is 6.30. The SMILES string of the molecule is CC(CC(Sc1ccccc1)Sc1ccccc1)C(=O)c1ccc(Cl)cc1. The average Bonchev–Trinajstić information content (AvgIpc) is 2.69. The lowest BCUT2D eigenvalue weighted by Crippen LogP contribution is -2.15. The van der Waals surface area contributed by atoms with Crippen molar-refractivity contribution in [1.82, 2.24) is 0 Å². The molecule has 0 saturated heterocycles. The Morgan fingerprint density at radius 2 is 1.30 bits per heavy atom. The van der Waals surface area contributed by atoms with Gasteiger partial charge >= 0.3 is 0 Å². The first-order chi connectivity index (χ1) is 13.1. The molecule has 27 heavy (non-hydrogen) atoms. The Balaban J connectivity index is 1.73. The minimum absolute atomic E-state index is 0.0661. The summed E-state index contributed by atoms with van der Waals surface area (Å²) in [7, 11) is 0. The summed E-state index contributed by atoms with van der Waals surface area (Å²) in [5, 5.41) is 0.649. The van der Waals surface area contributed by atoms with E-state index in [0.29, 0.717) is 5.02 Å². The summed E-state index contributed by atoms with van der Waals surface area (Å²) >= 11 is 9.58. The van der Waals surface area contributed by atoms with Crippen molar-refractivity contribution >= 4 is 40.9 Å². The van der Waals surface area contributed by atoms with Crippen LogP contribution in [0.5, 0.6) is 0 Å². The Labute approximate surface area is 174 Å². The zero-order chi connectivity index (χ0) is 19.1. The van der Waals surface area contributed by atoms with Gasteiger partial charge in [-0.3, -0.25) is 4.79 Å². The number of hydrogen-bond donors (Lipinski definition) is 0. The van der Waals surface area contributed by atoms with Crippen LogP contribution >= 0.6 is 35.1 Å². The lowest BCUT2D eigenvalue weighted by Gasteiger charge is -2.20. The summed E-state index contributed by atoms with van der Waals surface area (Å²) in [6.45, 7) is 2.01. The number of carbonyl (C=O) groups is 1. The zero-order valence-electron chi connectivity index (χ0n) is 15.0. The van der Waals surface area contributed by atoms with Crippen molar-refractivity contribution in [2.75, 3.05) is 0 Å². The number of Topliss-reactive ketones (excluding diaryl/α,β-unsaturated/α-hetero) is 1. The van der Waals surface area contributed by atoms with E-state index in [1.807, 2.05) is 54.7 Å². The predicted octanol–water partition coefficient (Wildman–Crippen LogP) is 7.46. The molecule has 3 aromatic carbocycles. The van der Waals surface area contributed by atoms with Gasteiger partial charge in [-0.05, 0) is 55.0 Å². The molecular formula is C23H21ClOS2. The van der Waals surface area contributed by atoms with Crippen LogP contribution in [0.15, 0.2) is 94.7 Å². The number of carbonyl (C=O) groups excluding carboxylic acids is 1. The molecule has 138 valence electrons. The van der Waals surface area contributed by atoms with Gasteiger partial charge in [0.1, 0.15) is 0 Å². The molecule has 0 heterocycles. The van der Waals surface area contributed by atoms with E-state index >= 15 is 0 Å². The van der Waals surface area contributed by atoms with Crippen LogP contribution in [-0.4, -0.2) is 10.4 Å². The molecule has 0 radical (unpaired) electrons. The fourth-order valence-corrected chi connectivity index (χ4v) is 5.71. The third-order valence-corrected chi connectivity index (χ3v) is 6.97. The molecule has 0 spiro atoms. The minimum atomic E-state index is -0.0661. The highest BCUT2D eigenvalue weighted by Gasteiger charge is 2.22. The quantitative estimate of drug-likeness (QED) is 0.217. The smallest absolute Gasteiger partial charge is 0.165 e. The predicted molar refractivity (Wildman–Crippen MR) is 118 cm³/mol. The lowest BCUT2D eigenvalue weighted by atomic mass is 9.97. The molecule has 1 unspecified atom stereocenters. The molecule has 3 aromatic rings. The summed E-state index contributed by atoms with van der Waals surface area (Å²) in [5.74, 6) is 0.0996. The number of rotatable bonds is 8. The molecule has 0 bridgehead atoms. The average molecular weight is 413 g/mol. The molecule has 4 heteroatoms. The van der Waals surface area contributed by atoms with E-state index in [0.717, 1.165) is 12.0 Å². The molecule has 0 amide bonds. The molecule has 1 atom stereocenters. The second kappa shape index (κ2) is 10.0. The third-order valence-electron chi connectivity index (χ3n) is 4.14. The van der Waals surface area contributed by atoms with Crippen LogP contribution in [0.1, 0.15) is 23.7 Å². The van der Waals surface area contributed by atoms with Crippen molar-refractivity contribution in [2.24, 2.45) is 5.92 Å². The van der Waals surface area contributed by atoms with E-state index < -0.39 is 0 Å². The van der Waals surface area contributed by atoms with E-state index in [1.54, 1.807) is 12.1 Å². The van der Waals surface area contributed by atoms with Gasteiger partial charge in [0, 0.05) is 26.3 Å². The molecule has 0 aromatic heterocycles. The van der Waals surface area contributed by atoms with Crippen molar-refractivity contribution < 1.29 is 4.79 Å². The van der Waals surface area contributed by atoms with Gasteiger partial charge in [0.2, 0.25) is 0 Å². The van der Waals surface area contributed by atoms with Crippen molar-refractivity contribution in [2.45, 2.75) is 27.7 Å². The normalized spacial score (nSPS) is 12.1.